The van der Waals surface area contributed by atoms with Crippen molar-refractivity contribution in [3.63, 3.8) is 0 Å². The lowest BCUT2D eigenvalue weighted by molar-refractivity contribution is -0.138. The van der Waals surface area contributed by atoms with E-state index in [-0.39, 0.29) is 6.04 Å². The van der Waals surface area contributed by atoms with Gasteiger partial charge in [0.25, 0.3) is 5.91 Å². The highest BCUT2D eigenvalue weighted by molar-refractivity contribution is 5.95. The zero-order valence-corrected chi connectivity index (χ0v) is 11.5. The number of fused-ring (bicyclic) bond motifs is 1. The first-order valence-corrected chi connectivity index (χ1v) is 6.84. The molecule has 0 radical (unpaired) electrons. The zero-order chi connectivity index (χ0) is 15.7. The fourth-order valence-electron chi connectivity index (χ4n) is 2.75. The molecule has 0 saturated carbocycles. The Balaban J connectivity index is 1.77. The molecule has 2 aromatic rings. The van der Waals surface area contributed by atoms with Gasteiger partial charge in [-0.25, -0.2) is 0 Å². The molecule has 3 rings (SSSR count). The Kier molecular flexibility index (Phi) is 3.60. The Morgan fingerprint density at radius 1 is 1.14 bits per heavy atom. The average molecular weight is 306 g/mol. The number of benzene rings is 1. The molecule has 1 aliphatic carbocycles. The van der Waals surface area contributed by atoms with Crippen LogP contribution in [0.5, 0.6) is 0 Å². The molecule has 1 heterocycles. The van der Waals surface area contributed by atoms with Gasteiger partial charge in [-0.2, -0.15) is 13.2 Å². The van der Waals surface area contributed by atoms with E-state index >= 15 is 0 Å². The van der Waals surface area contributed by atoms with Gasteiger partial charge >= 0.3 is 6.18 Å². The first-order valence-electron chi connectivity index (χ1n) is 6.84. The minimum atomic E-state index is -4.58. The van der Waals surface area contributed by atoms with Crippen molar-refractivity contribution in [1.29, 1.82) is 0 Å². The molecule has 6 heteroatoms. The van der Waals surface area contributed by atoms with Gasteiger partial charge in [-0.05, 0) is 30.0 Å². The van der Waals surface area contributed by atoms with Crippen LogP contribution in [0, 0.1) is 0 Å². The van der Waals surface area contributed by atoms with Crippen molar-refractivity contribution in [1.82, 2.24) is 10.3 Å². The summed E-state index contributed by atoms with van der Waals surface area (Å²) < 4.78 is 38.8. The monoisotopic (exact) mass is 306 g/mol. The molecule has 0 saturated heterocycles. The van der Waals surface area contributed by atoms with Crippen LogP contribution in [0.15, 0.2) is 42.7 Å². The van der Waals surface area contributed by atoms with Crippen LogP contribution in [-0.4, -0.2) is 16.9 Å². The zero-order valence-electron chi connectivity index (χ0n) is 11.5. The molecule has 3 nitrogen and oxygen atoms in total. The molecular weight excluding hydrogens is 293 g/mol. The average Bonchev–Trinajstić information content (AvgIpc) is 2.88. The van der Waals surface area contributed by atoms with E-state index < -0.39 is 23.2 Å². The lowest BCUT2D eigenvalue weighted by Gasteiger charge is -2.15. The highest BCUT2D eigenvalue weighted by atomic mass is 19.4. The summed E-state index contributed by atoms with van der Waals surface area (Å²) in [5, 5.41) is 2.68. The number of pyridine rings is 1. The highest BCUT2D eigenvalue weighted by Crippen LogP contribution is 2.31. The van der Waals surface area contributed by atoms with Crippen molar-refractivity contribution >= 4 is 5.91 Å². The summed E-state index contributed by atoms with van der Waals surface area (Å²) in [6.45, 7) is 0. The van der Waals surface area contributed by atoms with E-state index in [9.17, 15) is 18.0 Å². The summed E-state index contributed by atoms with van der Waals surface area (Å²) in [6, 6.07) is 8.38. The van der Waals surface area contributed by atoms with Crippen LogP contribution in [0.3, 0.4) is 0 Å². The number of rotatable bonds is 2. The predicted octanol–water partition coefficient (Wildman–Crippen LogP) is 3.00. The summed E-state index contributed by atoms with van der Waals surface area (Å²) in [7, 11) is 0. The molecular formula is C16H13F3N2O. The van der Waals surface area contributed by atoms with Crippen LogP contribution < -0.4 is 5.32 Å². The molecule has 114 valence electrons. The van der Waals surface area contributed by atoms with Gasteiger partial charge in [0.1, 0.15) is 0 Å². The Morgan fingerprint density at radius 3 is 2.36 bits per heavy atom. The number of hydrogen-bond acceptors (Lipinski definition) is 2. The molecule has 1 N–H and O–H groups in total. The number of alkyl halides is 3. The molecule has 22 heavy (non-hydrogen) atoms. The Labute approximate surface area is 125 Å². The molecule has 0 unspecified atom stereocenters. The SMILES string of the molecule is O=C(NC1Cc2ccccc2C1)c1cnccc1C(F)(F)F. The fraction of sp³-hybridized carbons (Fsp3) is 0.250. The first kappa shape index (κ1) is 14.6. The van der Waals surface area contributed by atoms with Crippen molar-refractivity contribution in [3.05, 3.63) is 65.0 Å². The Hall–Kier alpha value is -2.37. The van der Waals surface area contributed by atoms with Crippen molar-refractivity contribution in [3.8, 4) is 0 Å². The Morgan fingerprint density at radius 2 is 1.77 bits per heavy atom. The first-order chi connectivity index (χ1) is 10.4. The maximum absolute atomic E-state index is 12.9. The number of carbonyl (C=O) groups is 1. The van der Waals surface area contributed by atoms with Gasteiger partial charge < -0.3 is 5.32 Å². The van der Waals surface area contributed by atoms with Gasteiger partial charge in [0.05, 0.1) is 11.1 Å². The van der Waals surface area contributed by atoms with Crippen LogP contribution in [-0.2, 0) is 19.0 Å². The second-order valence-electron chi connectivity index (χ2n) is 5.27. The Bertz CT molecular complexity index is 688. The quantitative estimate of drug-likeness (QED) is 0.927. The summed E-state index contributed by atoms with van der Waals surface area (Å²) in [5.74, 6) is -0.738. The number of hydrogen-bond donors (Lipinski definition) is 1. The van der Waals surface area contributed by atoms with Crippen LogP contribution in [0.1, 0.15) is 27.0 Å². The van der Waals surface area contributed by atoms with E-state index in [4.69, 9.17) is 0 Å². The third-order valence-corrected chi connectivity index (χ3v) is 3.76. The van der Waals surface area contributed by atoms with Crippen LogP contribution in [0.2, 0.25) is 0 Å². The van der Waals surface area contributed by atoms with Gasteiger partial charge in [0.15, 0.2) is 0 Å². The van der Waals surface area contributed by atoms with Crippen molar-refractivity contribution in [2.24, 2.45) is 0 Å². The lowest BCUT2D eigenvalue weighted by Crippen LogP contribution is -2.36. The fourth-order valence-corrected chi connectivity index (χ4v) is 2.75. The molecule has 0 fully saturated rings. The molecule has 1 amide bonds. The van der Waals surface area contributed by atoms with Gasteiger partial charge in [0, 0.05) is 18.4 Å². The second kappa shape index (κ2) is 5.44. The van der Waals surface area contributed by atoms with Gasteiger partial charge in [-0.3, -0.25) is 9.78 Å². The van der Waals surface area contributed by atoms with E-state index in [2.05, 4.69) is 10.3 Å². The third-order valence-electron chi connectivity index (χ3n) is 3.76. The summed E-state index contributed by atoms with van der Waals surface area (Å²) in [6.07, 6.45) is -1.33. The largest absolute Gasteiger partial charge is 0.417 e. The number of aromatic nitrogens is 1. The van der Waals surface area contributed by atoms with Gasteiger partial charge in [-0.15, -0.1) is 0 Å². The molecule has 0 aliphatic heterocycles. The molecule has 0 spiro atoms. The molecule has 1 aromatic heterocycles. The summed E-state index contributed by atoms with van der Waals surface area (Å²) in [5.41, 5.74) is 0.839. The third kappa shape index (κ3) is 2.81. The minimum absolute atomic E-state index is 0.189. The normalized spacial score (nSPS) is 14.7. The van der Waals surface area contributed by atoms with Gasteiger partial charge in [0.2, 0.25) is 0 Å². The van der Waals surface area contributed by atoms with E-state index in [0.717, 1.165) is 29.6 Å². The van der Waals surface area contributed by atoms with Gasteiger partial charge in [-0.1, -0.05) is 24.3 Å². The van der Waals surface area contributed by atoms with Crippen LogP contribution >= 0.6 is 0 Å². The highest BCUT2D eigenvalue weighted by Gasteiger charge is 2.35. The molecule has 0 bridgehead atoms. The summed E-state index contributed by atoms with van der Waals surface area (Å²) >= 11 is 0. The lowest BCUT2D eigenvalue weighted by atomic mass is 10.1. The number of nitrogens with zero attached hydrogens (tertiary/aromatic N) is 1. The minimum Gasteiger partial charge on any atom is -0.349 e. The van der Waals surface area contributed by atoms with Crippen LogP contribution in [0.25, 0.3) is 0 Å². The molecule has 1 aliphatic rings. The number of nitrogens with one attached hydrogen (secondary N) is 1. The standard InChI is InChI=1S/C16H13F3N2O/c17-16(18,19)14-5-6-20-9-13(14)15(22)21-12-7-10-3-1-2-4-11(10)8-12/h1-6,9,12H,7-8H2,(H,21,22). The van der Waals surface area contributed by atoms with Crippen molar-refractivity contribution in [2.75, 3.05) is 0 Å². The number of halogens is 3. The number of amides is 1. The maximum atomic E-state index is 12.9. The number of carbonyl (C=O) groups excluding carboxylic acids is 1. The molecule has 1 aromatic carbocycles. The summed E-state index contributed by atoms with van der Waals surface area (Å²) in [4.78, 5) is 15.8. The topological polar surface area (TPSA) is 42.0 Å². The van der Waals surface area contributed by atoms with Crippen LogP contribution in [0.4, 0.5) is 13.2 Å². The van der Waals surface area contributed by atoms with E-state index in [1.807, 2.05) is 24.3 Å². The van der Waals surface area contributed by atoms with Crippen molar-refractivity contribution in [2.45, 2.75) is 25.1 Å². The maximum Gasteiger partial charge on any atom is 0.417 e. The van der Waals surface area contributed by atoms with E-state index in [0.29, 0.717) is 12.8 Å². The van der Waals surface area contributed by atoms with E-state index in [1.165, 1.54) is 0 Å². The second-order valence-corrected chi connectivity index (χ2v) is 5.27. The molecule has 0 atom stereocenters. The van der Waals surface area contributed by atoms with Crippen molar-refractivity contribution < 1.29 is 18.0 Å². The van der Waals surface area contributed by atoms with E-state index in [1.54, 1.807) is 0 Å². The smallest absolute Gasteiger partial charge is 0.349 e. The predicted molar refractivity (Wildman–Crippen MR) is 74.3 cm³/mol.